The maximum Gasteiger partial charge on any atom is 0.185 e. The summed E-state index contributed by atoms with van der Waals surface area (Å²) in [5, 5.41) is 0.691. The van der Waals surface area contributed by atoms with Crippen molar-refractivity contribution in [2.45, 2.75) is 43.3 Å². The molecule has 112 valence electrons. The van der Waals surface area contributed by atoms with Gasteiger partial charge in [-0.05, 0) is 30.8 Å². The molecule has 3 rings (SSSR count). The molecule has 1 aromatic rings. The van der Waals surface area contributed by atoms with Gasteiger partial charge in [0.2, 0.25) is 0 Å². The lowest BCUT2D eigenvalue weighted by atomic mass is 10.2. The Bertz CT molecular complexity index is 587. The highest BCUT2D eigenvalue weighted by Gasteiger charge is 2.37. The van der Waals surface area contributed by atoms with Gasteiger partial charge in [-0.3, -0.25) is 0 Å². The Morgan fingerprint density at radius 3 is 2.65 bits per heavy atom. The van der Waals surface area contributed by atoms with Crippen molar-refractivity contribution in [2.75, 3.05) is 29.5 Å². The Kier molecular flexibility index (Phi) is 3.64. The van der Waals surface area contributed by atoms with E-state index >= 15 is 0 Å². The van der Waals surface area contributed by atoms with Gasteiger partial charge in [-0.15, -0.1) is 0 Å². The van der Waals surface area contributed by atoms with E-state index in [1.165, 1.54) is 11.5 Å². The number of nitrogens with zero attached hydrogens (tertiary/aromatic N) is 2. The Morgan fingerprint density at radius 1 is 1.40 bits per heavy atom. The van der Waals surface area contributed by atoms with Crippen molar-refractivity contribution < 1.29 is 13.2 Å². The molecule has 2 unspecified atom stereocenters. The molecule has 20 heavy (non-hydrogen) atoms. The Labute approximate surface area is 123 Å². The predicted octanol–water partition coefficient (Wildman–Crippen LogP) is 1.28. The topological polar surface area (TPSA) is 85.5 Å². The van der Waals surface area contributed by atoms with E-state index in [0.717, 1.165) is 25.9 Å². The SMILES string of the molecule is CCCS(=O)(=O)c1c(N)nsc1N1CC2CCC(C1)O2. The van der Waals surface area contributed by atoms with E-state index in [9.17, 15) is 8.42 Å². The number of morpholine rings is 1. The fraction of sp³-hybridized carbons (Fsp3) is 0.750. The van der Waals surface area contributed by atoms with Crippen molar-refractivity contribution >= 4 is 32.2 Å². The quantitative estimate of drug-likeness (QED) is 0.900. The van der Waals surface area contributed by atoms with E-state index in [2.05, 4.69) is 9.27 Å². The third-order valence-corrected chi connectivity index (χ3v) is 6.79. The molecule has 0 spiro atoms. The molecule has 0 radical (unpaired) electrons. The molecule has 0 aliphatic carbocycles. The lowest BCUT2D eigenvalue weighted by molar-refractivity contribution is 0.0306. The van der Waals surface area contributed by atoms with Gasteiger partial charge in [-0.25, -0.2) is 8.42 Å². The standard InChI is InChI=1S/C12H19N3O3S2/c1-2-5-20(16,17)10-11(13)14-19-12(10)15-6-8-3-4-9(7-15)18-8/h8-9H,2-7H2,1H3,(H2,13,14). The van der Waals surface area contributed by atoms with Crippen LogP contribution in [0.1, 0.15) is 26.2 Å². The fourth-order valence-electron chi connectivity index (χ4n) is 2.93. The summed E-state index contributed by atoms with van der Waals surface area (Å²) in [6, 6.07) is 0. The summed E-state index contributed by atoms with van der Waals surface area (Å²) in [7, 11) is -3.35. The van der Waals surface area contributed by atoms with Gasteiger partial charge >= 0.3 is 0 Å². The molecule has 2 aliphatic heterocycles. The van der Waals surface area contributed by atoms with Crippen LogP contribution in [0.4, 0.5) is 10.8 Å². The predicted molar refractivity (Wildman–Crippen MR) is 79.0 cm³/mol. The number of nitrogens with two attached hydrogens (primary N) is 1. The number of hydrogen-bond acceptors (Lipinski definition) is 7. The second kappa shape index (κ2) is 5.16. The van der Waals surface area contributed by atoms with Gasteiger partial charge in [0.25, 0.3) is 0 Å². The van der Waals surface area contributed by atoms with Crippen LogP contribution in [0.3, 0.4) is 0 Å². The molecule has 3 heterocycles. The maximum absolute atomic E-state index is 12.4. The molecule has 2 atom stereocenters. The monoisotopic (exact) mass is 317 g/mol. The molecule has 8 heteroatoms. The number of aromatic nitrogens is 1. The summed E-state index contributed by atoms with van der Waals surface area (Å²) in [6.45, 7) is 3.31. The summed E-state index contributed by atoms with van der Waals surface area (Å²) >= 11 is 1.18. The summed E-state index contributed by atoms with van der Waals surface area (Å²) in [5.74, 6) is 0.247. The zero-order chi connectivity index (χ0) is 14.3. The number of anilines is 2. The molecule has 2 aliphatic rings. The van der Waals surface area contributed by atoms with Crippen LogP contribution in [0, 0.1) is 0 Å². The number of rotatable bonds is 4. The smallest absolute Gasteiger partial charge is 0.185 e. The van der Waals surface area contributed by atoms with E-state index in [4.69, 9.17) is 10.5 Å². The van der Waals surface area contributed by atoms with Crippen LogP contribution in [-0.4, -0.2) is 43.8 Å². The molecule has 2 bridgehead atoms. The van der Waals surface area contributed by atoms with Crippen molar-refractivity contribution in [3.05, 3.63) is 0 Å². The zero-order valence-corrected chi connectivity index (χ0v) is 13.0. The molecule has 0 aromatic carbocycles. The van der Waals surface area contributed by atoms with Crippen LogP contribution in [0.5, 0.6) is 0 Å². The first-order chi connectivity index (χ1) is 9.51. The number of fused-ring (bicyclic) bond motifs is 2. The van der Waals surface area contributed by atoms with Crippen LogP contribution in [0.25, 0.3) is 0 Å². The number of ether oxygens (including phenoxy) is 1. The van der Waals surface area contributed by atoms with Gasteiger partial charge < -0.3 is 15.4 Å². The molecule has 2 N–H and O–H groups in total. The second-order valence-corrected chi connectivity index (χ2v) is 8.18. The van der Waals surface area contributed by atoms with Crippen molar-refractivity contribution in [2.24, 2.45) is 0 Å². The van der Waals surface area contributed by atoms with Crippen LogP contribution in [0.15, 0.2) is 4.90 Å². The first-order valence-corrected chi connectivity index (χ1v) is 9.32. The first kappa shape index (κ1) is 14.1. The van der Waals surface area contributed by atoms with E-state index in [1.807, 2.05) is 6.92 Å². The van der Waals surface area contributed by atoms with Crippen molar-refractivity contribution in [3.8, 4) is 0 Å². The van der Waals surface area contributed by atoms with Gasteiger partial charge in [0.1, 0.15) is 9.90 Å². The minimum Gasteiger partial charge on any atom is -0.382 e. The lowest BCUT2D eigenvalue weighted by Crippen LogP contribution is -2.42. The zero-order valence-electron chi connectivity index (χ0n) is 11.4. The van der Waals surface area contributed by atoms with Crippen molar-refractivity contribution in [1.82, 2.24) is 4.37 Å². The highest BCUT2D eigenvalue weighted by atomic mass is 32.2. The van der Waals surface area contributed by atoms with E-state index in [-0.39, 0.29) is 28.7 Å². The summed E-state index contributed by atoms with van der Waals surface area (Å²) in [5.41, 5.74) is 5.81. The van der Waals surface area contributed by atoms with E-state index in [1.54, 1.807) is 0 Å². The third kappa shape index (κ3) is 2.40. The molecule has 2 saturated heterocycles. The normalized spacial score (nSPS) is 26.1. The second-order valence-electron chi connectivity index (χ2n) is 5.38. The van der Waals surface area contributed by atoms with Gasteiger partial charge in [0.15, 0.2) is 15.7 Å². The van der Waals surface area contributed by atoms with Crippen molar-refractivity contribution in [3.63, 3.8) is 0 Å². The molecule has 2 fully saturated rings. The molecule has 1 aromatic heterocycles. The number of sulfone groups is 1. The maximum atomic E-state index is 12.4. The van der Waals surface area contributed by atoms with Gasteiger partial charge in [0, 0.05) is 13.1 Å². The summed E-state index contributed by atoms with van der Waals surface area (Å²) in [6.07, 6.45) is 3.09. The highest BCUT2D eigenvalue weighted by Crippen LogP contribution is 2.39. The highest BCUT2D eigenvalue weighted by molar-refractivity contribution is 7.91. The number of nitrogen functional groups attached to an aromatic ring is 1. The molecule has 0 saturated carbocycles. The minimum atomic E-state index is -3.35. The van der Waals surface area contributed by atoms with Crippen LogP contribution in [0.2, 0.25) is 0 Å². The lowest BCUT2D eigenvalue weighted by Gasteiger charge is -2.33. The average molecular weight is 317 g/mol. The third-order valence-electron chi connectivity index (χ3n) is 3.77. The molecule has 0 amide bonds. The summed E-state index contributed by atoms with van der Waals surface area (Å²) < 4.78 is 34.6. The molecular formula is C12H19N3O3S2. The van der Waals surface area contributed by atoms with Crippen LogP contribution >= 0.6 is 11.5 Å². The van der Waals surface area contributed by atoms with Crippen LogP contribution in [-0.2, 0) is 14.6 Å². The first-order valence-electron chi connectivity index (χ1n) is 6.89. The van der Waals surface area contributed by atoms with Crippen LogP contribution < -0.4 is 10.6 Å². The minimum absolute atomic E-state index is 0.111. The van der Waals surface area contributed by atoms with Gasteiger partial charge in [-0.2, -0.15) is 4.37 Å². The van der Waals surface area contributed by atoms with Gasteiger partial charge in [0.05, 0.1) is 18.0 Å². The van der Waals surface area contributed by atoms with Gasteiger partial charge in [-0.1, -0.05) is 6.92 Å². The Hall–Kier alpha value is -0.860. The van der Waals surface area contributed by atoms with E-state index < -0.39 is 9.84 Å². The van der Waals surface area contributed by atoms with E-state index in [0.29, 0.717) is 11.4 Å². The average Bonchev–Trinajstić information content (AvgIpc) is 2.93. The molecular weight excluding hydrogens is 298 g/mol. The summed E-state index contributed by atoms with van der Waals surface area (Å²) in [4.78, 5) is 2.31. The Balaban J connectivity index is 1.95. The number of hydrogen-bond donors (Lipinski definition) is 1. The van der Waals surface area contributed by atoms with Crippen molar-refractivity contribution in [1.29, 1.82) is 0 Å². The molecule has 6 nitrogen and oxygen atoms in total. The fourth-order valence-corrected chi connectivity index (χ4v) is 5.71. The largest absolute Gasteiger partial charge is 0.382 e. The Morgan fingerprint density at radius 2 is 2.05 bits per heavy atom.